The molecule has 0 unspecified atom stereocenters. The fourth-order valence-corrected chi connectivity index (χ4v) is 3.52. The van der Waals surface area contributed by atoms with Gasteiger partial charge in [0.25, 0.3) is 0 Å². The van der Waals surface area contributed by atoms with Crippen molar-refractivity contribution in [2.24, 2.45) is 0 Å². The summed E-state index contributed by atoms with van der Waals surface area (Å²) in [4.78, 5) is 13.5. The van der Waals surface area contributed by atoms with E-state index in [1.165, 1.54) is 18.1 Å². The van der Waals surface area contributed by atoms with E-state index in [-0.39, 0.29) is 6.73 Å². The zero-order valence-corrected chi connectivity index (χ0v) is 14.5. The molecule has 1 aromatic carbocycles. The Morgan fingerprint density at radius 2 is 2.23 bits per heavy atom. The molecule has 0 aliphatic heterocycles. The molecule has 0 spiro atoms. The number of fused-ring (bicyclic) bond motifs is 1. The van der Waals surface area contributed by atoms with E-state index in [0.717, 1.165) is 14.2 Å². The minimum Gasteiger partial charge on any atom is -0.497 e. The topological polar surface area (TPSA) is 99.1 Å². The first-order chi connectivity index (χ1) is 10.6. The van der Waals surface area contributed by atoms with Crippen molar-refractivity contribution in [2.75, 3.05) is 12.8 Å². The van der Waals surface area contributed by atoms with Crippen molar-refractivity contribution in [3.8, 4) is 5.75 Å². The van der Waals surface area contributed by atoms with Gasteiger partial charge in [0.15, 0.2) is 22.1 Å². The molecule has 9 heteroatoms. The normalized spacial score (nSPS) is 11.0. The van der Waals surface area contributed by atoms with Crippen molar-refractivity contribution in [3.05, 3.63) is 28.1 Å². The minimum absolute atomic E-state index is 0.240. The molecule has 2 heterocycles. The van der Waals surface area contributed by atoms with E-state index < -0.39 is 0 Å². The van der Waals surface area contributed by atoms with Gasteiger partial charge >= 0.3 is 0 Å². The van der Waals surface area contributed by atoms with Crippen LogP contribution in [-0.4, -0.2) is 31.7 Å². The summed E-state index contributed by atoms with van der Waals surface area (Å²) in [6.45, 7) is -0.240. The monoisotopic (exact) mass is 429 g/mol. The predicted octanol–water partition coefficient (Wildman–Crippen LogP) is 2.12. The van der Waals surface area contributed by atoms with Crippen LogP contribution in [0.5, 0.6) is 5.75 Å². The molecule has 0 aliphatic rings. The lowest BCUT2D eigenvalue weighted by Gasteiger charge is -2.07. The van der Waals surface area contributed by atoms with Crippen LogP contribution < -0.4 is 10.5 Å². The summed E-state index contributed by atoms with van der Waals surface area (Å²) in [5, 5.41) is 10.2. The average Bonchev–Trinajstić information content (AvgIpc) is 2.88. The second kappa shape index (κ2) is 6.26. The molecule has 114 valence electrons. The van der Waals surface area contributed by atoms with Gasteiger partial charge in [-0.05, 0) is 40.8 Å². The van der Waals surface area contributed by atoms with Crippen molar-refractivity contribution < 1.29 is 9.84 Å². The maximum atomic E-state index is 9.63. The number of ether oxygens (including phenoxy) is 1. The third-order valence-electron chi connectivity index (χ3n) is 3.01. The maximum absolute atomic E-state index is 9.63. The van der Waals surface area contributed by atoms with Crippen molar-refractivity contribution in [2.45, 2.75) is 16.8 Å². The van der Waals surface area contributed by atoms with Crippen LogP contribution in [0, 0.1) is 3.57 Å². The number of benzene rings is 1. The molecule has 0 radical (unpaired) electrons. The SMILES string of the molecule is COc1ccc(I)c(Sc2nc3c(N)ncnc3n2CO)c1. The molecule has 0 atom stereocenters. The highest BCUT2D eigenvalue weighted by Crippen LogP contribution is 2.35. The molecule has 0 aliphatic carbocycles. The Bertz CT molecular complexity index is 839. The van der Waals surface area contributed by atoms with Gasteiger partial charge < -0.3 is 15.6 Å². The number of nitrogens with zero attached hydrogens (tertiary/aromatic N) is 4. The van der Waals surface area contributed by atoms with Crippen LogP contribution in [0.15, 0.2) is 34.6 Å². The highest BCUT2D eigenvalue weighted by molar-refractivity contribution is 14.1. The van der Waals surface area contributed by atoms with Crippen molar-refractivity contribution in [3.63, 3.8) is 0 Å². The number of imidazole rings is 1. The van der Waals surface area contributed by atoms with E-state index in [9.17, 15) is 5.11 Å². The molecule has 0 fully saturated rings. The smallest absolute Gasteiger partial charge is 0.177 e. The first-order valence-corrected chi connectivity index (χ1v) is 8.12. The van der Waals surface area contributed by atoms with Gasteiger partial charge in [0, 0.05) is 8.47 Å². The van der Waals surface area contributed by atoms with E-state index in [4.69, 9.17) is 10.5 Å². The summed E-state index contributed by atoms with van der Waals surface area (Å²) in [7, 11) is 1.62. The Kier molecular flexibility index (Phi) is 4.36. The highest BCUT2D eigenvalue weighted by Gasteiger charge is 2.16. The molecule has 22 heavy (non-hydrogen) atoms. The molecule has 3 aromatic rings. The molecule has 0 bridgehead atoms. The Morgan fingerprint density at radius 1 is 1.41 bits per heavy atom. The summed E-state index contributed by atoms with van der Waals surface area (Å²) in [6.07, 6.45) is 1.36. The molecular weight excluding hydrogens is 417 g/mol. The van der Waals surface area contributed by atoms with E-state index in [1.807, 2.05) is 18.2 Å². The van der Waals surface area contributed by atoms with Crippen molar-refractivity contribution in [1.29, 1.82) is 0 Å². The quantitative estimate of drug-likeness (QED) is 0.613. The number of aliphatic hydroxyl groups is 1. The number of hydrogen-bond donors (Lipinski definition) is 2. The molecule has 0 saturated carbocycles. The van der Waals surface area contributed by atoms with Crippen LogP contribution >= 0.6 is 34.4 Å². The first-order valence-electron chi connectivity index (χ1n) is 6.23. The van der Waals surface area contributed by atoms with Gasteiger partial charge in [-0.25, -0.2) is 15.0 Å². The number of methoxy groups -OCH3 is 1. The van der Waals surface area contributed by atoms with Gasteiger partial charge in [-0.3, -0.25) is 4.57 Å². The molecule has 2 aromatic heterocycles. The van der Waals surface area contributed by atoms with Crippen LogP contribution in [0.4, 0.5) is 5.82 Å². The lowest BCUT2D eigenvalue weighted by molar-refractivity contribution is 0.204. The third kappa shape index (κ3) is 2.71. The summed E-state index contributed by atoms with van der Waals surface area (Å²) >= 11 is 3.65. The predicted molar refractivity (Wildman–Crippen MR) is 91.8 cm³/mol. The van der Waals surface area contributed by atoms with Gasteiger partial charge in [-0.1, -0.05) is 11.8 Å². The number of halogens is 1. The number of aromatic nitrogens is 4. The standard InChI is InChI=1S/C13H12IN5O2S/c1-21-7-2-3-8(14)9(4-7)22-13-18-10-11(15)16-5-17-12(10)19(13)6-20/h2-5,20H,6H2,1H3,(H2,15,16,17). The minimum atomic E-state index is -0.240. The molecule has 0 saturated heterocycles. The Morgan fingerprint density at radius 3 is 2.95 bits per heavy atom. The molecular formula is C13H12IN5O2S. The van der Waals surface area contributed by atoms with E-state index in [0.29, 0.717) is 22.1 Å². The maximum Gasteiger partial charge on any atom is 0.177 e. The second-order valence-electron chi connectivity index (χ2n) is 4.29. The lowest BCUT2D eigenvalue weighted by Crippen LogP contribution is -2.00. The fourth-order valence-electron chi connectivity index (χ4n) is 1.93. The number of hydrogen-bond acceptors (Lipinski definition) is 7. The van der Waals surface area contributed by atoms with E-state index in [2.05, 4.69) is 37.5 Å². The van der Waals surface area contributed by atoms with Gasteiger partial charge in [0.05, 0.1) is 7.11 Å². The molecule has 3 rings (SSSR count). The summed E-state index contributed by atoms with van der Waals surface area (Å²) in [5.74, 6) is 1.05. The second-order valence-corrected chi connectivity index (χ2v) is 6.46. The first kappa shape index (κ1) is 15.3. The van der Waals surface area contributed by atoms with Crippen LogP contribution in [0.2, 0.25) is 0 Å². The van der Waals surface area contributed by atoms with Gasteiger partial charge in [0.1, 0.15) is 18.8 Å². The number of nitrogen functional groups attached to an aromatic ring is 1. The van der Waals surface area contributed by atoms with Crippen molar-refractivity contribution >= 4 is 51.3 Å². The highest BCUT2D eigenvalue weighted by atomic mass is 127. The number of aliphatic hydroxyl groups excluding tert-OH is 1. The summed E-state index contributed by atoms with van der Waals surface area (Å²) in [6, 6.07) is 5.77. The van der Waals surface area contributed by atoms with E-state index in [1.54, 1.807) is 11.7 Å². The van der Waals surface area contributed by atoms with Gasteiger partial charge in [-0.2, -0.15) is 0 Å². The number of nitrogens with two attached hydrogens (primary N) is 1. The largest absolute Gasteiger partial charge is 0.497 e. The Balaban J connectivity index is 2.09. The van der Waals surface area contributed by atoms with Crippen LogP contribution in [-0.2, 0) is 6.73 Å². The third-order valence-corrected chi connectivity index (χ3v) is 5.36. The number of rotatable bonds is 4. The summed E-state index contributed by atoms with van der Waals surface area (Å²) in [5.41, 5.74) is 6.82. The zero-order valence-electron chi connectivity index (χ0n) is 11.5. The van der Waals surface area contributed by atoms with Crippen molar-refractivity contribution in [1.82, 2.24) is 19.5 Å². The Labute approximate surface area is 144 Å². The zero-order chi connectivity index (χ0) is 15.7. The fraction of sp³-hybridized carbons (Fsp3) is 0.154. The summed E-state index contributed by atoms with van der Waals surface area (Å²) < 4.78 is 7.89. The lowest BCUT2D eigenvalue weighted by atomic mass is 10.3. The molecule has 0 amide bonds. The Hall–Kier alpha value is -1.59. The van der Waals surface area contributed by atoms with E-state index >= 15 is 0 Å². The van der Waals surface area contributed by atoms with Crippen LogP contribution in [0.25, 0.3) is 11.2 Å². The van der Waals surface area contributed by atoms with Crippen LogP contribution in [0.1, 0.15) is 0 Å². The van der Waals surface area contributed by atoms with Gasteiger partial charge in [0.2, 0.25) is 0 Å². The number of anilines is 1. The van der Waals surface area contributed by atoms with Crippen LogP contribution in [0.3, 0.4) is 0 Å². The average molecular weight is 429 g/mol. The van der Waals surface area contributed by atoms with Gasteiger partial charge in [-0.15, -0.1) is 0 Å². The molecule has 3 N–H and O–H groups in total. The molecule has 7 nitrogen and oxygen atoms in total.